The Morgan fingerprint density at radius 2 is 1.42 bits per heavy atom. The van der Waals surface area contributed by atoms with Crippen molar-refractivity contribution in [3.8, 4) is 0 Å². The minimum atomic E-state index is -4.59. The lowest BCUT2D eigenvalue weighted by atomic mass is 9.96. The minimum absolute atomic E-state index is 0.0134. The normalized spacial score (nSPS) is 14.9. The van der Waals surface area contributed by atoms with Crippen LogP contribution >= 0.6 is 0 Å². The molecule has 3 aromatic carbocycles. The number of halogens is 3. The molecule has 0 aliphatic carbocycles. The van der Waals surface area contributed by atoms with Gasteiger partial charge in [0, 0.05) is 37.8 Å². The van der Waals surface area contributed by atoms with Crippen LogP contribution in [0.5, 0.6) is 0 Å². The Morgan fingerprint density at radius 3 is 1.94 bits per heavy atom. The molecule has 1 N–H and O–H groups in total. The summed E-state index contributed by atoms with van der Waals surface area (Å²) in [6, 6.07) is 24.1. The van der Waals surface area contributed by atoms with Gasteiger partial charge in [0.1, 0.15) is 5.56 Å². The fourth-order valence-electron chi connectivity index (χ4n) is 5.02. The van der Waals surface area contributed by atoms with E-state index in [1.54, 1.807) is 0 Å². The van der Waals surface area contributed by atoms with E-state index < -0.39 is 17.7 Å². The monoisotopic (exact) mass is 491 g/mol. The number of carboxylic acid groups (broad SMARTS) is 1. The summed E-state index contributed by atoms with van der Waals surface area (Å²) in [6.45, 7) is 2.14. The summed E-state index contributed by atoms with van der Waals surface area (Å²) in [5.41, 5.74) is 1.37. The van der Waals surface area contributed by atoms with E-state index >= 15 is 0 Å². The van der Waals surface area contributed by atoms with Crippen LogP contribution in [-0.4, -0.2) is 47.1 Å². The van der Waals surface area contributed by atoms with E-state index in [2.05, 4.69) is 34.1 Å². The summed E-state index contributed by atoms with van der Waals surface area (Å²) in [4.78, 5) is 20.1. The van der Waals surface area contributed by atoms with Crippen molar-refractivity contribution in [2.24, 2.45) is 0 Å². The molecule has 1 fully saturated rings. The number of aromatic nitrogens is 1. The van der Waals surface area contributed by atoms with Crippen molar-refractivity contribution in [1.29, 1.82) is 0 Å². The zero-order chi connectivity index (χ0) is 25.3. The van der Waals surface area contributed by atoms with Crippen molar-refractivity contribution >= 4 is 22.6 Å². The molecule has 5 rings (SSSR count). The van der Waals surface area contributed by atoms with Gasteiger partial charge in [-0.2, -0.15) is 13.2 Å². The zero-order valence-electron chi connectivity index (χ0n) is 19.3. The maximum absolute atomic E-state index is 13.6. The first-order chi connectivity index (χ1) is 17.3. The van der Waals surface area contributed by atoms with Crippen molar-refractivity contribution in [2.45, 2.75) is 12.2 Å². The van der Waals surface area contributed by atoms with Gasteiger partial charge >= 0.3 is 12.1 Å². The largest absolute Gasteiger partial charge is 0.478 e. The van der Waals surface area contributed by atoms with E-state index in [-0.39, 0.29) is 28.2 Å². The molecule has 184 valence electrons. The highest BCUT2D eigenvalue weighted by Crippen LogP contribution is 2.39. The standard InChI is InChI=1S/C28H24F3N3O2/c29-28(30,31)23-13-7-12-21-24(23)32-18-22(27(35)36)26(21)34-16-14-33(15-17-34)25(19-8-3-1-4-9-19)20-10-5-2-6-11-20/h1-13,18,25H,14-17H2,(H,35,36). The van der Waals surface area contributed by atoms with Gasteiger partial charge in [0.25, 0.3) is 0 Å². The van der Waals surface area contributed by atoms with Crippen LogP contribution in [0.1, 0.15) is 33.1 Å². The van der Waals surface area contributed by atoms with Gasteiger partial charge in [-0.05, 0) is 17.2 Å². The average molecular weight is 492 g/mol. The Morgan fingerprint density at radius 1 is 0.833 bits per heavy atom. The van der Waals surface area contributed by atoms with Gasteiger partial charge in [-0.15, -0.1) is 0 Å². The lowest BCUT2D eigenvalue weighted by Crippen LogP contribution is -2.48. The minimum Gasteiger partial charge on any atom is -0.478 e. The lowest BCUT2D eigenvalue weighted by Gasteiger charge is -2.41. The summed E-state index contributed by atoms with van der Waals surface area (Å²) in [5, 5.41) is 10.0. The molecule has 5 nitrogen and oxygen atoms in total. The molecule has 0 radical (unpaired) electrons. The second-order valence-electron chi connectivity index (χ2n) is 8.77. The Kier molecular flexibility index (Phi) is 6.36. The summed E-state index contributed by atoms with van der Waals surface area (Å²) in [5.74, 6) is -1.22. The van der Waals surface area contributed by atoms with Crippen LogP contribution in [0.3, 0.4) is 0 Å². The maximum Gasteiger partial charge on any atom is 0.418 e. The van der Waals surface area contributed by atoms with E-state index in [9.17, 15) is 23.1 Å². The van der Waals surface area contributed by atoms with E-state index in [0.29, 0.717) is 26.2 Å². The lowest BCUT2D eigenvalue weighted by molar-refractivity contribution is -0.136. The molecule has 8 heteroatoms. The number of benzene rings is 3. The second-order valence-corrected chi connectivity index (χ2v) is 8.77. The highest BCUT2D eigenvalue weighted by atomic mass is 19.4. The molecule has 2 heterocycles. The molecule has 0 unspecified atom stereocenters. The molecular formula is C28H24F3N3O2. The quantitative estimate of drug-likeness (QED) is 0.379. The third kappa shape index (κ3) is 4.52. The predicted octanol–water partition coefficient (Wildman–Crippen LogP) is 5.86. The molecule has 1 saturated heterocycles. The molecular weight excluding hydrogens is 467 g/mol. The maximum atomic E-state index is 13.6. The first-order valence-electron chi connectivity index (χ1n) is 11.7. The SMILES string of the molecule is O=C(O)c1cnc2c(C(F)(F)F)cccc2c1N1CCN(C(c2ccccc2)c2ccccc2)CC1. The number of carboxylic acids is 1. The number of hydrogen-bond donors (Lipinski definition) is 1. The van der Waals surface area contributed by atoms with Gasteiger partial charge in [0.15, 0.2) is 0 Å². The van der Waals surface area contributed by atoms with E-state index in [1.165, 1.54) is 12.1 Å². The topological polar surface area (TPSA) is 56.7 Å². The first kappa shape index (κ1) is 23.8. The molecule has 36 heavy (non-hydrogen) atoms. The van der Waals surface area contributed by atoms with Crippen LogP contribution in [0.2, 0.25) is 0 Å². The van der Waals surface area contributed by atoms with Crippen LogP contribution in [0.4, 0.5) is 18.9 Å². The number of aromatic carboxylic acids is 1. The van der Waals surface area contributed by atoms with Crippen molar-refractivity contribution < 1.29 is 23.1 Å². The third-order valence-corrected chi connectivity index (χ3v) is 6.63. The number of pyridine rings is 1. The van der Waals surface area contributed by atoms with Crippen LogP contribution in [0.25, 0.3) is 10.9 Å². The number of alkyl halides is 3. The molecule has 0 spiro atoms. The Bertz CT molecular complexity index is 1330. The van der Waals surface area contributed by atoms with Gasteiger partial charge < -0.3 is 10.0 Å². The van der Waals surface area contributed by atoms with Gasteiger partial charge in [-0.25, -0.2) is 4.79 Å². The van der Waals surface area contributed by atoms with Gasteiger partial charge in [0.2, 0.25) is 0 Å². The van der Waals surface area contributed by atoms with Gasteiger partial charge in [0.05, 0.1) is 22.8 Å². The van der Waals surface area contributed by atoms with Crippen molar-refractivity contribution in [3.63, 3.8) is 0 Å². The molecule has 0 bridgehead atoms. The van der Waals surface area contributed by atoms with Crippen LogP contribution in [0.15, 0.2) is 85.1 Å². The van der Waals surface area contributed by atoms with Crippen molar-refractivity contribution in [3.05, 3.63) is 107 Å². The van der Waals surface area contributed by atoms with Gasteiger partial charge in [-0.1, -0.05) is 72.8 Å². The van der Waals surface area contributed by atoms with Crippen LogP contribution in [-0.2, 0) is 6.18 Å². The number of carbonyl (C=O) groups is 1. The van der Waals surface area contributed by atoms with Crippen molar-refractivity contribution in [1.82, 2.24) is 9.88 Å². The van der Waals surface area contributed by atoms with Gasteiger partial charge in [-0.3, -0.25) is 9.88 Å². The average Bonchev–Trinajstić information content (AvgIpc) is 2.89. The van der Waals surface area contributed by atoms with E-state index in [1.807, 2.05) is 41.3 Å². The number of nitrogens with zero attached hydrogens (tertiary/aromatic N) is 3. The molecule has 0 saturated carbocycles. The molecule has 1 aromatic heterocycles. The van der Waals surface area contributed by atoms with Crippen LogP contribution < -0.4 is 4.90 Å². The number of anilines is 1. The fraction of sp³-hybridized carbons (Fsp3) is 0.214. The number of para-hydroxylation sites is 1. The zero-order valence-corrected chi connectivity index (χ0v) is 19.3. The van der Waals surface area contributed by atoms with E-state index in [0.717, 1.165) is 23.4 Å². The molecule has 0 atom stereocenters. The highest BCUT2D eigenvalue weighted by molar-refractivity contribution is 6.05. The predicted molar refractivity (Wildman–Crippen MR) is 132 cm³/mol. The smallest absolute Gasteiger partial charge is 0.418 e. The van der Waals surface area contributed by atoms with E-state index in [4.69, 9.17) is 0 Å². The van der Waals surface area contributed by atoms with Crippen molar-refractivity contribution in [2.75, 3.05) is 31.1 Å². The number of piperazine rings is 1. The number of rotatable bonds is 5. The van der Waals surface area contributed by atoms with Crippen LogP contribution in [0, 0.1) is 0 Å². The summed E-state index contributed by atoms with van der Waals surface area (Å²) in [7, 11) is 0. The third-order valence-electron chi connectivity index (χ3n) is 6.63. The summed E-state index contributed by atoms with van der Waals surface area (Å²) >= 11 is 0. The first-order valence-corrected chi connectivity index (χ1v) is 11.7. The molecule has 4 aromatic rings. The molecule has 0 amide bonds. The fourth-order valence-corrected chi connectivity index (χ4v) is 5.02. The molecule has 1 aliphatic heterocycles. The summed E-state index contributed by atoms with van der Waals surface area (Å²) < 4.78 is 40.9. The summed E-state index contributed by atoms with van der Waals surface area (Å²) in [6.07, 6.45) is -3.55. The highest BCUT2D eigenvalue weighted by Gasteiger charge is 2.35. The Balaban J connectivity index is 1.50. The molecule has 1 aliphatic rings. The second kappa shape index (κ2) is 9.62. The number of fused-ring (bicyclic) bond motifs is 1. The Labute approximate surface area is 206 Å². The Hall–Kier alpha value is -3.91. The number of hydrogen-bond acceptors (Lipinski definition) is 4.